The molecule has 0 aromatic rings. The highest BCUT2D eigenvalue weighted by Gasteiger charge is 2.31. The van der Waals surface area contributed by atoms with E-state index < -0.39 is 18.1 Å². The van der Waals surface area contributed by atoms with Crippen LogP contribution in [0.3, 0.4) is 0 Å². The van der Waals surface area contributed by atoms with E-state index in [1.807, 2.05) is 69.8 Å². The number of hydrogen-bond acceptors (Lipinski definition) is 6. The number of esters is 2. The van der Waals surface area contributed by atoms with Gasteiger partial charge in [-0.1, -0.05) is 222 Å². The van der Waals surface area contributed by atoms with Crippen LogP contribution in [0.1, 0.15) is 213 Å². The molecule has 0 saturated carbocycles. The maximum atomic E-state index is 12.7. The van der Waals surface area contributed by atoms with Crippen molar-refractivity contribution in [3.05, 3.63) is 60.8 Å². The third kappa shape index (κ3) is 42.3. The lowest BCUT2D eigenvalue weighted by molar-refractivity contribution is -0.887. The number of unbranched alkanes of at least 4 members (excludes halogenated alkanes) is 25. The minimum atomic E-state index is -0.883. The molecule has 1 N–H and O–H groups in total. The molecule has 358 valence electrons. The van der Waals surface area contributed by atoms with Crippen molar-refractivity contribution in [1.82, 2.24) is 0 Å². The van der Waals surface area contributed by atoms with E-state index in [2.05, 4.69) is 26.0 Å². The normalized spacial score (nSPS) is 13.4. The minimum Gasteiger partial charge on any atom is -0.477 e. The topological polar surface area (TPSA) is 99.1 Å². The zero-order chi connectivity index (χ0) is 45.6. The van der Waals surface area contributed by atoms with Crippen molar-refractivity contribution in [2.45, 2.75) is 225 Å². The molecule has 0 bridgehead atoms. The number of carboxylic acids is 1. The molecular weight excluding hydrogens is 775 g/mol. The Morgan fingerprint density at radius 2 is 0.903 bits per heavy atom. The molecule has 2 atom stereocenters. The molecular formula is C54H96NO7+. The van der Waals surface area contributed by atoms with Crippen LogP contribution in [0.15, 0.2) is 60.8 Å². The molecule has 2 unspecified atom stereocenters. The molecule has 0 amide bonds. The van der Waals surface area contributed by atoms with E-state index in [4.69, 9.17) is 14.2 Å². The minimum absolute atomic E-state index is 0.0433. The van der Waals surface area contributed by atoms with E-state index in [-0.39, 0.29) is 42.7 Å². The zero-order valence-electron chi connectivity index (χ0n) is 40.8. The molecule has 8 nitrogen and oxygen atoms in total. The van der Waals surface area contributed by atoms with Crippen molar-refractivity contribution in [2.75, 3.05) is 41.0 Å². The summed E-state index contributed by atoms with van der Waals surface area (Å²) >= 11 is 0. The molecule has 0 aromatic heterocycles. The SMILES string of the molecule is CC/C=C/C=C/C=C/C=C/C=C/CCCCCC(=O)OC(COCCC(C(=O)O)[N+](C)(C)C)COC(=O)CCCCCCCCCCCCCCCCCCCCCCCCC. The van der Waals surface area contributed by atoms with Crippen LogP contribution in [0, 0.1) is 0 Å². The highest BCUT2D eigenvalue weighted by Crippen LogP contribution is 2.16. The molecule has 0 aliphatic carbocycles. The zero-order valence-corrected chi connectivity index (χ0v) is 40.8. The van der Waals surface area contributed by atoms with Crippen molar-refractivity contribution in [3.8, 4) is 0 Å². The first-order chi connectivity index (χ1) is 30.1. The van der Waals surface area contributed by atoms with E-state index in [9.17, 15) is 19.5 Å². The number of quaternary nitrogens is 1. The van der Waals surface area contributed by atoms with Crippen LogP contribution in [0.25, 0.3) is 0 Å². The maximum absolute atomic E-state index is 12.7. The van der Waals surface area contributed by atoms with Gasteiger partial charge in [0.25, 0.3) is 0 Å². The molecule has 0 aliphatic heterocycles. The number of allylic oxidation sites excluding steroid dienone is 10. The van der Waals surface area contributed by atoms with E-state index in [1.165, 1.54) is 128 Å². The summed E-state index contributed by atoms with van der Waals surface area (Å²) in [6, 6.07) is -0.624. The average molecular weight is 871 g/mol. The second-order valence-electron chi connectivity index (χ2n) is 18.2. The Morgan fingerprint density at radius 3 is 1.34 bits per heavy atom. The van der Waals surface area contributed by atoms with Crippen LogP contribution in [-0.2, 0) is 28.6 Å². The Balaban J connectivity index is 4.23. The number of carboxylic acid groups (broad SMARTS) is 1. The van der Waals surface area contributed by atoms with Gasteiger partial charge in [0.2, 0.25) is 0 Å². The van der Waals surface area contributed by atoms with Crippen LogP contribution in [-0.4, -0.2) is 80.6 Å². The summed E-state index contributed by atoms with van der Waals surface area (Å²) in [7, 11) is 5.51. The van der Waals surface area contributed by atoms with Gasteiger partial charge in [0.05, 0.1) is 34.4 Å². The highest BCUT2D eigenvalue weighted by molar-refractivity contribution is 5.72. The van der Waals surface area contributed by atoms with Gasteiger partial charge in [-0.2, -0.15) is 0 Å². The first-order valence-corrected chi connectivity index (χ1v) is 25.4. The predicted octanol–water partition coefficient (Wildman–Crippen LogP) is 14.5. The molecule has 0 saturated heterocycles. The van der Waals surface area contributed by atoms with E-state index in [0.717, 1.165) is 44.9 Å². The summed E-state index contributed by atoms with van der Waals surface area (Å²) < 4.78 is 17.3. The van der Waals surface area contributed by atoms with Crippen LogP contribution >= 0.6 is 0 Å². The van der Waals surface area contributed by atoms with Crippen LogP contribution < -0.4 is 0 Å². The van der Waals surface area contributed by atoms with Gasteiger partial charge in [-0.15, -0.1) is 0 Å². The fourth-order valence-electron chi connectivity index (χ4n) is 7.41. The quantitative estimate of drug-likeness (QED) is 0.0282. The predicted molar refractivity (Wildman–Crippen MR) is 261 cm³/mol. The molecule has 0 rings (SSSR count). The summed E-state index contributed by atoms with van der Waals surface area (Å²) in [5, 5.41) is 9.64. The lowest BCUT2D eigenvalue weighted by Crippen LogP contribution is -2.50. The third-order valence-corrected chi connectivity index (χ3v) is 11.3. The molecule has 0 aliphatic rings. The fourth-order valence-corrected chi connectivity index (χ4v) is 7.41. The lowest BCUT2D eigenvalue weighted by atomic mass is 10.0. The van der Waals surface area contributed by atoms with Gasteiger partial charge in [0, 0.05) is 19.3 Å². The fraction of sp³-hybridized carbons (Fsp3) is 0.759. The standard InChI is InChI=1S/C54H95NO7/c1-6-8-10-12-14-16-18-20-22-23-24-25-26-27-28-29-31-32-34-36-38-40-42-44-52(56)61-49-50(48-60-47-46-51(54(58)59)55(3,4)5)62-53(57)45-43-41-39-37-35-33-30-21-19-17-15-13-11-9-7-2/h9,11,13,15,17,19,21,30,33,35,50-51H,6-8,10,12,14,16,18,20,22-29,31-32,34,36-49H2,1-5H3/p+1/b11-9+,15-13+,19-17+,30-21+,35-33+. The summed E-state index contributed by atoms with van der Waals surface area (Å²) in [6.45, 7) is 4.57. The number of aliphatic carboxylic acids is 1. The second kappa shape index (κ2) is 44.6. The van der Waals surface area contributed by atoms with Crippen molar-refractivity contribution < 1.29 is 38.2 Å². The number of nitrogens with zero attached hydrogens (tertiary/aromatic N) is 1. The Hall–Kier alpha value is -2.97. The first kappa shape index (κ1) is 59.0. The van der Waals surface area contributed by atoms with Crippen LogP contribution in [0.5, 0.6) is 0 Å². The van der Waals surface area contributed by atoms with Gasteiger partial charge >= 0.3 is 17.9 Å². The Bertz CT molecular complexity index is 1200. The number of rotatable bonds is 45. The molecule has 62 heavy (non-hydrogen) atoms. The molecule has 0 aromatic carbocycles. The van der Waals surface area contributed by atoms with Gasteiger partial charge in [-0.05, 0) is 32.1 Å². The van der Waals surface area contributed by atoms with Crippen molar-refractivity contribution in [3.63, 3.8) is 0 Å². The Labute approximate surface area is 381 Å². The van der Waals surface area contributed by atoms with E-state index in [0.29, 0.717) is 19.3 Å². The van der Waals surface area contributed by atoms with E-state index >= 15 is 0 Å². The number of likely N-dealkylation sites (N-methyl/N-ethyl adjacent to an activating group) is 1. The molecule has 8 heteroatoms. The Morgan fingerprint density at radius 1 is 0.500 bits per heavy atom. The Kier molecular flexibility index (Phi) is 42.5. The van der Waals surface area contributed by atoms with Crippen molar-refractivity contribution in [1.29, 1.82) is 0 Å². The summed E-state index contributed by atoms with van der Waals surface area (Å²) in [6.07, 6.45) is 55.7. The molecule has 0 heterocycles. The van der Waals surface area contributed by atoms with Gasteiger partial charge in [-0.3, -0.25) is 9.59 Å². The second-order valence-corrected chi connectivity index (χ2v) is 18.2. The smallest absolute Gasteiger partial charge is 0.362 e. The average Bonchev–Trinajstić information content (AvgIpc) is 3.23. The first-order valence-electron chi connectivity index (χ1n) is 25.4. The third-order valence-electron chi connectivity index (χ3n) is 11.3. The van der Waals surface area contributed by atoms with Gasteiger partial charge in [0.15, 0.2) is 12.1 Å². The van der Waals surface area contributed by atoms with Gasteiger partial charge in [-0.25, -0.2) is 4.79 Å². The largest absolute Gasteiger partial charge is 0.477 e. The monoisotopic (exact) mass is 871 g/mol. The molecule has 0 radical (unpaired) electrons. The highest BCUT2D eigenvalue weighted by atomic mass is 16.6. The van der Waals surface area contributed by atoms with Crippen molar-refractivity contribution >= 4 is 17.9 Å². The molecule has 0 spiro atoms. The van der Waals surface area contributed by atoms with Gasteiger partial charge < -0.3 is 23.8 Å². The number of carbonyl (C=O) groups excluding carboxylic acids is 2. The summed E-state index contributed by atoms with van der Waals surface area (Å²) in [5.74, 6) is -1.52. The van der Waals surface area contributed by atoms with Crippen LogP contribution in [0.2, 0.25) is 0 Å². The summed E-state index contributed by atoms with van der Waals surface area (Å²) in [4.78, 5) is 37.1. The number of carbonyl (C=O) groups is 3. The van der Waals surface area contributed by atoms with E-state index in [1.54, 1.807) is 0 Å². The number of ether oxygens (including phenoxy) is 3. The summed E-state index contributed by atoms with van der Waals surface area (Å²) in [5.41, 5.74) is 0. The van der Waals surface area contributed by atoms with Crippen molar-refractivity contribution in [2.24, 2.45) is 0 Å². The van der Waals surface area contributed by atoms with Gasteiger partial charge in [0.1, 0.15) is 6.61 Å². The maximum Gasteiger partial charge on any atom is 0.362 e. The molecule has 0 fully saturated rings. The van der Waals surface area contributed by atoms with Crippen LogP contribution in [0.4, 0.5) is 0 Å². The lowest BCUT2D eigenvalue weighted by Gasteiger charge is -2.31. The number of hydrogen-bond donors (Lipinski definition) is 1.